The van der Waals surface area contributed by atoms with Crippen molar-refractivity contribution in [2.75, 3.05) is 7.05 Å². The third kappa shape index (κ3) is 2.15. The molecule has 1 aliphatic heterocycles. The highest BCUT2D eigenvalue weighted by molar-refractivity contribution is 5.98. The summed E-state index contributed by atoms with van der Waals surface area (Å²) in [6, 6.07) is 0. The highest BCUT2D eigenvalue weighted by Crippen LogP contribution is 2.26. The van der Waals surface area contributed by atoms with Gasteiger partial charge in [-0.15, -0.1) is 0 Å². The SMILES string of the molecule is CC1=N[N+](C)=CC1C(O)C(C)(C)C. The molecule has 0 aromatic rings. The van der Waals surface area contributed by atoms with Gasteiger partial charge in [-0.1, -0.05) is 25.5 Å². The van der Waals surface area contributed by atoms with E-state index in [0.717, 1.165) is 5.71 Å². The van der Waals surface area contributed by atoms with E-state index in [0.29, 0.717) is 0 Å². The minimum absolute atomic E-state index is 0.0741. The summed E-state index contributed by atoms with van der Waals surface area (Å²) in [4.78, 5) is 0. The average molecular weight is 183 g/mol. The molecule has 0 saturated carbocycles. The Morgan fingerprint density at radius 3 is 2.38 bits per heavy atom. The van der Waals surface area contributed by atoms with Crippen molar-refractivity contribution >= 4 is 11.9 Å². The first kappa shape index (κ1) is 10.4. The first-order valence-corrected chi connectivity index (χ1v) is 4.63. The van der Waals surface area contributed by atoms with Crippen LogP contribution in [-0.2, 0) is 0 Å². The van der Waals surface area contributed by atoms with E-state index in [1.807, 2.05) is 41.0 Å². The zero-order chi connectivity index (χ0) is 10.2. The molecule has 0 spiro atoms. The third-order valence-electron chi connectivity index (χ3n) is 2.40. The Morgan fingerprint density at radius 1 is 1.54 bits per heavy atom. The summed E-state index contributed by atoms with van der Waals surface area (Å²) >= 11 is 0. The largest absolute Gasteiger partial charge is 0.391 e. The molecule has 0 aromatic heterocycles. The van der Waals surface area contributed by atoms with Crippen LogP contribution in [0.15, 0.2) is 5.10 Å². The lowest BCUT2D eigenvalue weighted by Gasteiger charge is -2.27. The lowest BCUT2D eigenvalue weighted by Crippen LogP contribution is -2.37. The number of aliphatic hydroxyl groups is 1. The van der Waals surface area contributed by atoms with Crippen LogP contribution in [0.3, 0.4) is 0 Å². The minimum Gasteiger partial charge on any atom is -0.391 e. The summed E-state index contributed by atoms with van der Waals surface area (Å²) < 4.78 is 1.77. The maximum Gasteiger partial charge on any atom is 0.184 e. The van der Waals surface area contributed by atoms with Gasteiger partial charge >= 0.3 is 0 Å². The molecule has 13 heavy (non-hydrogen) atoms. The fourth-order valence-electron chi connectivity index (χ4n) is 1.54. The van der Waals surface area contributed by atoms with Gasteiger partial charge < -0.3 is 5.11 Å². The van der Waals surface area contributed by atoms with Gasteiger partial charge in [-0.2, -0.15) is 0 Å². The topological polar surface area (TPSA) is 35.6 Å². The normalized spacial score (nSPS) is 25.5. The lowest BCUT2D eigenvalue weighted by atomic mass is 9.80. The number of nitrogens with zero attached hydrogens (tertiary/aromatic N) is 2. The van der Waals surface area contributed by atoms with Gasteiger partial charge in [-0.3, -0.25) is 0 Å². The summed E-state index contributed by atoms with van der Waals surface area (Å²) in [5, 5.41) is 14.3. The molecule has 0 aliphatic carbocycles. The monoisotopic (exact) mass is 183 g/mol. The highest BCUT2D eigenvalue weighted by atomic mass is 16.3. The van der Waals surface area contributed by atoms with Crippen LogP contribution in [0.2, 0.25) is 0 Å². The molecule has 74 valence electrons. The van der Waals surface area contributed by atoms with Crippen LogP contribution in [0.4, 0.5) is 0 Å². The average Bonchev–Trinajstić information content (AvgIpc) is 2.26. The van der Waals surface area contributed by atoms with Gasteiger partial charge in [0.25, 0.3) is 0 Å². The molecule has 1 heterocycles. The molecular weight excluding hydrogens is 164 g/mol. The number of aliphatic hydroxyl groups excluding tert-OH is 1. The second-order valence-corrected chi connectivity index (χ2v) is 4.80. The Hall–Kier alpha value is -0.700. The van der Waals surface area contributed by atoms with Gasteiger partial charge in [0.1, 0.15) is 5.92 Å². The number of hydrazone groups is 1. The molecule has 1 N–H and O–H groups in total. The second-order valence-electron chi connectivity index (χ2n) is 4.80. The van der Waals surface area contributed by atoms with Crippen molar-refractivity contribution in [3.05, 3.63) is 0 Å². The zero-order valence-electron chi connectivity index (χ0n) is 9.07. The first-order chi connectivity index (χ1) is 5.82. The predicted molar refractivity (Wildman–Crippen MR) is 54.3 cm³/mol. The van der Waals surface area contributed by atoms with Crippen molar-refractivity contribution in [3.8, 4) is 0 Å². The molecule has 3 nitrogen and oxygen atoms in total. The molecule has 0 radical (unpaired) electrons. The standard InChI is InChI=1S/C10H19N2O/c1-7-8(6-12(5)11-7)9(13)10(2,3)4/h6,8-9,13H,1-5H3/q+1. The van der Waals surface area contributed by atoms with Crippen LogP contribution in [0.25, 0.3) is 0 Å². The minimum atomic E-state index is -0.360. The molecule has 2 unspecified atom stereocenters. The summed E-state index contributed by atoms with van der Waals surface area (Å²) in [6.07, 6.45) is 1.60. The smallest absolute Gasteiger partial charge is 0.184 e. The van der Waals surface area contributed by atoms with Crippen LogP contribution in [0, 0.1) is 11.3 Å². The molecule has 1 aliphatic rings. The Morgan fingerprint density at radius 2 is 2.08 bits per heavy atom. The van der Waals surface area contributed by atoms with E-state index < -0.39 is 0 Å². The van der Waals surface area contributed by atoms with Crippen molar-refractivity contribution in [1.29, 1.82) is 0 Å². The fourth-order valence-corrected chi connectivity index (χ4v) is 1.54. The predicted octanol–water partition coefficient (Wildman–Crippen LogP) is 1.11. The maximum absolute atomic E-state index is 10.0. The number of rotatable bonds is 1. The number of hydrogen-bond acceptors (Lipinski definition) is 2. The van der Waals surface area contributed by atoms with Crippen molar-refractivity contribution in [2.24, 2.45) is 16.4 Å². The van der Waals surface area contributed by atoms with Gasteiger partial charge in [0.2, 0.25) is 0 Å². The molecule has 0 fully saturated rings. The highest BCUT2D eigenvalue weighted by Gasteiger charge is 2.36. The van der Waals surface area contributed by atoms with E-state index >= 15 is 0 Å². The van der Waals surface area contributed by atoms with Crippen molar-refractivity contribution in [1.82, 2.24) is 0 Å². The van der Waals surface area contributed by atoms with Crippen LogP contribution < -0.4 is 0 Å². The van der Waals surface area contributed by atoms with Gasteiger partial charge in [-0.25, -0.2) is 0 Å². The fraction of sp³-hybridized carbons (Fsp3) is 0.800. The Labute approximate surface area is 79.8 Å². The lowest BCUT2D eigenvalue weighted by molar-refractivity contribution is -0.495. The Bertz CT molecular complexity index is 261. The van der Waals surface area contributed by atoms with Gasteiger partial charge in [0.15, 0.2) is 13.3 Å². The van der Waals surface area contributed by atoms with E-state index in [-0.39, 0.29) is 17.4 Å². The molecular formula is C10H19N2O+. The van der Waals surface area contributed by atoms with Gasteiger partial charge in [-0.05, 0) is 17.4 Å². The van der Waals surface area contributed by atoms with Gasteiger partial charge in [0, 0.05) is 0 Å². The summed E-state index contributed by atoms with van der Waals surface area (Å²) in [6.45, 7) is 8.07. The zero-order valence-corrected chi connectivity index (χ0v) is 9.07. The van der Waals surface area contributed by atoms with Crippen LogP contribution >= 0.6 is 0 Å². The third-order valence-corrected chi connectivity index (χ3v) is 2.40. The quantitative estimate of drug-likeness (QED) is 0.607. The Kier molecular flexibility index (Phi) is 2.57. The van der Waals surface area contributed by atoms with E-state index in [2.05, 4.69) is 5.10 Å². The number of hydrogen-bond donors (Lipinski definition) is 1. The summed E-state index contributed by atoms with van der Waals surface area (Å²) in [7, 11) is 1.89. The second kappa shape index (κ2) is 3.22. The molecule has 0 saturated heterocycles. The van der Waals surface area contributed by atoms with Crippen LogP contribution in [0.5, 0.6) is 0 Å². The van der Waals surface area contributed by atoms with E-state index in [1.165, 1.54) is 0 Å². The molecule has 2 atom stereocenters. The molecule has 0 bridgehead atoms. The summed E-state index contributed by atoms with van der Waals surface area (Å²) in [5.74, 6) is 0.0741. The first-order valence-electron chi connectivity index (χ1n) is 4.63. The summed E-state index contributed by atoms with van der Waals surface area (Å²) in [5.41, 5.74) is 0.897. The van der Waals surface area contributed by atoms with E-state index in [1.54, 1.807) is 4.68 Å². The molecule has 3 heteroatoms. The molecule has 1 rings (SSSR count). The van der Waals surface area contributed by atoms with Crippen molar-refractivity contribution < 1.29 is 9.79 Å². The van der Waals surface area contributed by atoms with Crippen molar-refractivity contribution in [2.45, 2.75) is 33.8 Å². The van der Waals surface area contributed by atoms with Crippen molar-refractivity contribution in [3.63, 3.8) is 0 Å². The van der Waals surface area contributed by atoms with Gasteiger partial charge in [0.05, 0.1) is 11.8 Å². The van der Waals surface area contributed by atoms with E-state index in [4.69, 9.17) is 0 Å². The maximum atomic E-state index is 10.0. The Balaban J connectivity index is 2.81. The van der Waals surface area contributed by atoms with Crippen LogP contribution in [-0.4, -0.2) is 34.9 Å². The molecule has 0 aromatic carbocycles. The molecule has 0 amide bonds. The van der Waals surface area contributed by atoms with Crippen LogP contribution in [0.1, 0.15) is 27.7 Å². The van der Waals surface area contributed by atoms with E-state index in [9.17, 15) is 5.11 Å².